The van der Waals surface area contributed by atoms with Gasteiger partial charge in [-0.2, -0.15) is 0 Å². The first kappa shape index (κ1) is 15.6. The molecule has 0 spiro atoms. The fourth-order valence-corrected chi connectivity index (χ4v) is 2.71. The zero-order valence-electron chi connectivity index (χ0n) is 12.0. The van der Waals surface area contributed by atoms with Crippen LogP contribution in [-0.4, -0.2) is 16.6 Å². The molecule has 102 valence electrons. The van der Waals surface area contributed by atoms with Crippen LogP contribution < -0.4 is 5.73 Å². The van der Waals surface area contributed by atoms with Crippen LogP contribution in [0, 0.1) is 3.57 Å². The van der Waals surface area contributed by atoms with Crippen molar-refractivity contribution in [2.45, 2.75) is 52.6 Å². The van der Waals surface area contributed by atoms with Crippen molar-refractivity contribution in [2.75, 3.05) is 12.3 Å². The number of anilines is 1. The fraction of sp³-hybridized carbons (Fsp3) is 0.692. The second-order valence-electron chi connectivity index (χ2n) is 5.79. The van der Waals surface area contributed by atoms with Crippen LogP contribution in [0.25, 0.3) is 0 Å². The molecule has 0 bridgehead atoms. The molecule has 1 heterocycles. The minimum atomic E-state index is -0.521. The van der Waals surface area contributed by atoms with Crippen LogP contribution in [0.1, 0.15) is 53.1 Å². The predicted octanol–water partition coefficient (Wildman–Crippen LogP) is 3.23. The van der Waals surface area contributed by atoms with Crippen molar-refractivity contribution >= 4 is 28.4 Å². The Morgan fingerprint density at radius 2 is 1.72 bits per heavy atom. The Hall–Kier alpha value is -0.430. The van der Waals surface area contributed by atoms with Crippen molar-refractivity contribution < 1.29 is 4.74 Å². The summed E-state index contributed by atoms with van der Waals surface area (Å²) < 4.78 is 6.62. The second-order valence-corrected chi connectivity index (χ2v) is 6.87. The van der Waals surface area contributed by atoms with Crippen LogP contribution in [0.3, 0.4) is 0 Å². The maximum absolute atomic E-state index is 6.00. The number of nitrogens with zero attached hydrogens (tertiary/aromatic N) is 2. The molecular weight excluding hydrogens is 341 g/mol. The molecule has 0 aliphatic heterocycles. The number of aromatic nitrogens is 2. The second kappa shape index (κ2) is 5.28. The molecule has 0 aliphatic carbocycles. The summed E-state index contributed by atoms with van der Waals surface area (Å²) in [5.74, 6) is 1.17. The van der Waals surface area contributed by atoms with E-state index in [1.165, 1.54) is 0 Å². The van der Waals surface area contributed by atoms with E-state index in [2.05, 4.69) is 53.3 Å². The number of hydrogen-bond acceptors (Lipinski definition) is 4. The molecular formula is C13H22IN3O. The van der Waals surface area contributed by atoms with Crippen molar-refractivity contribution in [3.05, 3.63) is 15.1 Å². The molecule has 1 aromatic heterocycles. The number of halogens is 1. The highest BCUT2D eigenvalue weighted by Gasteiger charge is 2.29. The Morgan fingerprint density at radius 3 is 2.17 bits per heavy atom. The summed E-state index contributed by atoms with van der Waals surface area (Å²) in [7, 11) is 0. The molecule has 0 amide bonds. The molecule has 0 aromatic carbocycles. The lowest BCUT2D eigenvalue weighted by molar-refractivity contribution is -0.0209. The molecule has 1 rings (SSSR count). The van der Waals surface area contributed by atoms with E-state index in [9.17, 15) is 0 Å². The van der Waals surface area contributed by atoms with Crippen molar-refractivity contribution in [3.8, 4) is 0 Å². The van der Waals surface area contributed by atoms with Crippen molar-refractivity contribution in [3.63, 3.8) is 0 Å². The summed E-state index contributed by atoms with van der Waals surface area (Å²) in [5, 5.41) is 0. The van der Waals surface area contributed by atoms with E-state index < -0.39 is 5.60 Å². The van der Waals surface area contributed by atoms with Gasteiger partial charge in [0.05, 0.1) is 9.26 Å². The average Bonchev–Trinajstić information content (AvgIpc) is 2.19. The number of hydrogen-bond donors (Lipinski definition) is 1. The van der Waals surface area contributed by atoms with Gasteiger partial charge in [0.1, 0.15) is 11.4 Å². The minimum Gasteiger partial charge on any atom is -0.383 e. The molecule has 0 aliphatic rings. The largest absolute Gasteiger partial charge is 0.383 e. The first-order chi connectivity index (χ1) is 8.09. The lowest BCUT2D eigenvalue weighted by Crippen LogP contribution is -2.28. The van der Waals surface area contributed by atoms with E-state index in [1.54, 1.807) is 0 Å². The van der Waals surface area contributed by atoms with Gasteiger partial charge < -0.3 is 10.5 Å². The molecule has 0 radical (unpaired) electrons. The Bertz CT molecular complexity index is 439. The van der Waals surface area contributed by atoms with Gasteiger partial charge in [0.25, 0.3) is 0 Å². The van der Waals surface area contributed by atoms with Gasteiger partial charge in [-0.3, -0.25) is 0 Å². The first-order valence-electron chi connectivity index (χ1n) is 6.07. The Kier molecular flexibility index (Phi) is 4.59. The molecule has 0 saturated carbocycles. The monoisotopic (exact) mass is 363 g/mol. The van der Waals surface area contributed by atoms with Crippen LogP contribution in [0.5, 0.6) is 0 Å². The molecule has 0 fully saturated rings. The Labute approximate surface area is 123 Å². The van der Waals surface area contributed by atoms with Crippen LogP contribution in [0.2, 0.25) is 0 Å². The fourth-order valence-electron chi connectivity index (χ4n) is 1.66. The zero-order chi connectivity index (χ0) is 14.1. The average molecular weight is 363 g/mol. The van der Waals surface area contributed by atoms with Gasteiger partial charge >= 0.3 is 0 Å². The van der Waals surface area contributed by atoms with Crippen molar-refractivity contribution in [1.82, 2.24) is 9.97 Å². The lowest BCUT2D eigenvalue weighted by Gasteiger charge is -2.27. The highest BCUT2D eigenvalue weighted by atomic mass is 127. The van der Waals surface area contributed by atoms with E-state index in [-0.39, 0.29) is 5.41 Å². The summed E-state index contributed by atoms with van der Waals surface area (Å²) in [6.07, 6.45) is 0. The van der Waals surface area contributed by atoms with Gasteiger partial charge in [0.2, 0.25) is 0 Å². The van der Waals surface area contributed by atoms with Gasteiger partial charge in [-0.25, -0.2) is 9.97 Å². The van der Waals surface area contributed by atoms with E-state index in [1.807, 2.05) is 20.8 Å². The van der Waals surface area contributed by atoms with Crippen molar-refractivity contribution in [1.29, 1.82) is 0 Å². The highest BCUT2D eigenvalue weighted by molar-refractivity contribution is 14.1. The molecule has 18 heavy (non-hydrogen) atoms. The normalized spacial score (nSPS) is 12.8. The highest BCUT2D eigenvalue weighted by Crippen LogP contribution is 2.31. The van der Waals surface area contributed by atoms with Gasteiger partial charge in [0, 0.05) is 12.0 Å². The molecule has 0 atom stereocenters. The number of ether oxygens (including phenoxy) is 1. The molecule has 5 heteroatoms. The SMILES string of the molecule is CCOC(C)(C)c1nc(N)c(I)c(C(C)(C)C)n1. The minimum absolute atomic E-state index is 0.0649. The topological polar surface area (TPSA) is 61.0 Å². The van der Waals surface area contributed by atoms with E-state index >= 15 is 0 Å². The van der Waals surface area contributed by atoms with Crippen LogP contribution in [0.15, 0.2) is 0 Å². The summed E-state index contributed by atoms with van der Waals surface area (Å²) in [6, 6.07) is 0. The Morgan fingerprint density at radius 1 is 1.17 bits per heavy atom. The predicted molar refractivity (Wildman–Crippen MR) is 82.5 cm³/mol. The number of rotatable bonds is 3. The first-order valence-corrected chi connectivity index (χ1v) is 7.15. The quantitative estimate of drug-likeness (QED) is 0.838. The number of nitrogen functional groups attached to an aromatic ring is 1. The van der Waals surface area contributed by atoms with Gasteiger partial charge in [-0.15, -0.1) is 0 Å². The molecule has 1 aromatic rings. The Balaban J connectivity index is 3.38. The molecule has 0 saturated heterocycles. The number of nitrogens with two attached hydrogens (primary N) is 1. The summed E-state index contributed by atoms with van der Waals surface area (Å²) in [4.78, 5) is 9.04. The molecule has 2 N–H and O–H groups in total. The van der Waals surface area contributed by atoms with Crippen LogP contribution in [-0.2, 0) is 15.8 Å². The summed E-state index contributed by atoms with van der Waals surface area (Å²) >= 11 is 2.21. The van der Waals surface area contributed by atoms with Gasteiger partial charge in [-0.05, 0) is 43.4 Å². The standard InChI is InChI=1S/C13H22IN3O/c1-7-18-13(5,6)11-16-9(12(2,3)4)8(14)10(15)17-11/h7H2,1-6H3,(H2,15,16,17). The third-order valence-electron chi connectivity index (χ3n) is 2.63. The maximum Gasteiger partial charge on any atom is 0.162 e. The maximum atomic E-state index is 6.00. The third-order valence-corrected chi connectivity index (χ3v) is 3.69. The van der Waals surface area contributed by atoms with Gasteiger partial charge in [-0.1, -0.05) is 20.8 Å². The lowest BCUT2D eigenvalue weighted by atomic mass is 9.91. The van der Waals surface area contributed by atoms with E-state index in [0.29, 0.717) is 18.2 Å². The third kappa shape index (κ3) is 3.32. The van der Waals surface area contributed by atoms with E-state index in [4.69, 9.17) is 10.5 Å². The summed E-state index contributed by atoms with van der Waals surface area (Å²) in [5.41, 5.74) is 6.38. The van der Waals surface area contributed by atoms with Crippen LogP contribution >= 0.6 is 22.6 Å². The zero-order valence-corrected chi connectivity index (χ0v) is 14.1. The van der Waals surface area contributed by atoms with Crippen LogP contribution in [0.4, 0.5) is 5.82 Å². The molecule has 0 unspecified atom stereocenters. The van der Waals surface area contributed by atoms with Crippen molar-refractivity contribution in [2.24, 2.45) is 0 Å². The smallest absolute Gasteiger partial charge is 0.162 e. The van der Waals surface area contributed by atoms with Gasteiger partial charge in [0.15, 0.2) is 5.82 Å². The molecule has 4 nitrogen and oxygen atoms in total. The summed E-state index contributed by atoms with van der Waals surface area (Å²) in [6.45, 7) is 12.9. The van der Waals surface area contributed by atoms with E-state index in [0.717, 1.165) is 9.26 Å².